The maximum absolute atomic E-state index is 12.7. The van der Waals surface area contributed by atoms with Gasteiger partial charge in [-0.3, -0.25) is 4.90 Å². The third kappa shape index (κ3) is 3.21. The van der Waals surface area contributed by atoms with E-state index in [1.807, 2.05) is 46.2 Å². The van der Waals surface area contributed by atoms with Gasteiger partial charge in [0.25, 0.3) is 0 Å². The third-order valence-corrected chi connectivity index (χ3v) is 5.07. The van der Waals surface area contributed by atoms with Gasteiger partial charge >= 0.3 is 6.03 Å². The number of urea groups is 1. The zero-order valence-corrected chi connectivity index (χ0v) is 15.3. The minimum absolute atomic E-state index is 0.0699. The molecule has 0 aliphatic carbocycles. The first-order chi connectivity index (χ1) is 12.6. The van der Waals surface area contributed by atoms with Gasteiger partial charge in [0.2, 0.25) is 0 Å². The number of carbonyl (C=O) groups is 1. The molecule has 4 nitrogen and oxygen atoms in total. The SMILES string of the molecule is C=CCCN1CCN(c2ccc(-c3ccc(C#N)cc3)c(C)c2C)C1=O. The minimum atomic E-state index is 0.0699. The van der Waals surface area contributed by atoms with E-state index < -0.39 is 0 Å². The smallest absolute Gasteiger partial charge is 0.322 e. The lowest BCUT2D eigenvalue weighted by molar-refractivity contribution is 0.221. The number of anilines is 1. The highest BCUT2D eigenvalue weighted by Crippen LogP contribution is 2.33. The molecule has 26 heavy (non-hydrogen) atoms. The molecule has 0 radical (unpaired) electrons. The summed E-state index contributed by atoms with van der Waals surface area (Å²) in [6.07, 6.45) is 2.66. The van der Waals surface area contributed by atoms with Crippen LogP contribution in [0.3, 0.4) is 0 Å². The zero-order chi connectivity index (χ0) is 18.7. The highest BCUT2D eigenvalue weighted by molar-refractivity contribution is 5.95. The van der Waals surface area contributed by atoms with Gasteiger partial charge in [0, 0.05) is 25.3 Å². The third-order valence-electron chi connectivity index (χ3n) is 5.07. The van der Waals surface area contributed by atoms with Crippen LogP contribution in [0.4, 0.5) is 10.5 Å². The van der Waals surface area contributed by atoms with Gasteiger partial charge in [-0.15, -0.1) is 6.58 Å². The maximum atomic E-state index is 12.7. The number of amides is 2. The molecule has 2 aromatic rings. The zero-order valence-electron chi connectivity index (χ0n) is 15.3. The lowest BCUT2D eigenvalue weighted by Crippen LogP contribution is -2.32. The molecule has 2 amide bonds. The molecular weight excluding hydrogens is 322 g/mol. The molecule has 0 atom stereocenters. The van der Waals surface area contributed by atoms with Gasteiger partial charge in [-0.2, -0.15) is 5.26 Å². The van der Waals surface area contributed by atoms with Crippen LogP contribution in [0.15, 0.2) is 49.1 Å². The van der Waals surface area contributed by atoms with Crippen molar-refractivity contribution in [2.24, 2.45) is 0 Å². The Balaban J connectivity index is 1.89. The van der Waals surface area contributed by atoms with Crippen molar-refractivity contribution in [1.29, 1.82) is 5.26 Å². The van der Waals surface area contributed by atoms with E-state index in [4.69, 9.17) is 5.26 Å². The molecule has 0 unspecified atom stereocenters. The number of nitriles is 1. The molecule has 0 spiro atoms. The van der Waals surface area contributed by atoms with E-state index in [1.54, 1.807) is 0 Å². The van der Waals surface area contributed by atoms with Gasteiger partial charge in [0.05, 0.1) is 11.6 Å². The Morgan fingerprint density at radius 1 is 1.12 bits per heavy atom. The van der Waals surface area contributed by atoms with Crippen molar-refractivity contribution < 1.29 is 4.79 Å². The second-order valence-corrected chi connectivity index (χ2v) is 6.57. The van der Waals surface area contributed by atoms with E-state index in [9.17, 15) is 4.79 Å². The van der Waals surface area contributed by atoms with Crippen LogP contribution in [-0.4, -0.2) is 30.6 Å². The summed E-state index contributed by atoms with van der Waals surface area (Å²) in [6, 6.07) is 13.9. The van der Waals surface area contributed by atoms with E-state index in [2.05, 4.69) is 32.6 Å². The van der Waals surface area contributed by atoms with Crippen molar-refractivity contribution in [3.05, 3.63) is 65.7 Å². The summed E-state index contributed by atoms with van der Waals surface area (Å²) in [4.78, 5) is 16.4. The first-order valence-electron chi connectivity index (χ1n) is 8.85. The quantitative estimate of drug-likeness (QED) is 0.740. The Morgan fingerprint density at radius 3 is 2.50 bits per heavy atom. The van der Waals surface area contributed by atoms with Gasteiger partial charge < -0.3 is 4.90 Å². The average molecular weight is 345 g/mol. The van der Waals surface area contributed by atoms with Gasteiger partial charge in [0.15, 0.2) is 0 Å². The average Bonchev–Trinajstić information content (AvgIpc) is 3.03. The Morgan fingerprint density at radius 2 is 1.85 bits per heavy atom. The molecule has 3 rings (SSSR count). The van der Waals surface area contributed by atoms with Crippen molar-refractivity contribution in [3.8, 4) is 17.2 Å². The lowest BCUT2D eigenvalue weighted by atomic mass is 9.95. The second-order valence-electron chi connectivity index (χ2n) is 6.57. The monoisotopic (exact) mass is 345 g/mol. The first-order valence-corrected chi connectivity index (χ1v) is 8.85. The van der Waals surface area contributed by atoms with E-state index in [-0.39, 0.29) is 6.03 Å². The van der Waals surface area contributed by atoms with Crippen LogP contribution in [-0.2, 0) is 0 Å². The van der Waals surface area contributed by atoms with Crippen LogP contribution in [0.5, 0.6) is 0 Å². The number of benzene rings is 2. The summed E-state index contributed by atoms with van der Waals surface area (Å²) in [7, 11) is 0. The van der Waals surface area contributed by atoms with E-state index in [0.717, 1.165) is 47.5 Å². The van der Waals surface area contributed by atoms with Gasteiger partial charge in [0.1, 0.15) is 0 Å². The number of hydrogen-bond donors (Lipinski definition) is 0. The number of carbonyl (C=O) groups excluding carboxylic acids is 1. The summed E-state index contributed by atoms with van der Waals surface area (Å²) < 4.78 is 0. The number of rotatable bonds is 5. The minimum Gasteiger partial charge on any atom is -0.322 e. The molecule has 1 fully saturated rings. The number of nitrogens with zero attached hydrogens (tertiary/aromatic N) is 3. The summed E-state index contributed by atoms with van der Waals surface area (Å²) in [6.45, 7) is 10.1. The van der Waals surface area contributed by atoms with E-state index in [1.165, 1.54) is 0 Å². The van der Waals surface area contributed by atoms with E-state index in [0.29, 0.717) is 12.1 Å². The Kier molecular flexibility index (Phi) is 5.09. The molecule has 4 heteroatoms. The van der Waals surface area contributed by atoms with Crippen LogP contribution >= 0.6 is 0 Å². The van der Waals surface area contributed by atoms with Crippen LogP contribution in [0, 0.1) is 25.2 Å². The Hall–Kier alpha value is -3.06. The van der Waals surface area contributed by atoms with Crippen LogP contribution in [0.25, 0.3) is 11.1 Å². The summed E-state index contributed by atoms with van der Waals surface area (Å²) in [5.74, 6) is 0. The maximum Gasteiger partial charge on any atom is 0.324 e. The van der Waals surface area contributed by atoms with Crippen LogP contribution in [0.2, 0.25) is 0 Å². The van der Waals surface area contributed by atoms with Crippen molar-refractivity contribution in [2.45, 2.75) is 20.3 Å². The highest BCUT2D eigenvalue weighted by atomic mass is 16.2. The normalized spacial score (nSPS) is 13.8. The van der Waals surface area contributed by atoms with Gasteiger partial charge in [-0.1, -0.05) is 24.3 Å². The largest absolute Gasteiger partial charge is 0.324 e. The topological polar surface area (TPSA) is 47.3 Å². The first kappa shape index (κ1) is 17.8. The Labute approximate surface area is 155 Å². The van der Waals surface area contributed by atoms with Crippen molar-refractivity contribution in [2.75, 3.05) is 24.5 Å². The molecule has 0 N–H and O–H groups in total. The summed E-state index contributed by atoms with van der Waals surface area (Å²) in [5, 5.41) is 8.96. The molecule has 132 valence electrons. The molecule has 2 aromatic carbocycles. The highest BCUT2D eigenvalue weighted by Gasteiger charge is 2.30. The fourth-order valence-corrected chi connectivity index (χ4v) is 3.40. The molecule has 0 saturated carbocycles. The predicted molar refractivity (Wildman–Crippen MR) is 105 cm³/mol. The lowest BCUT2D eigenvalue weighted by Gasteiger charge is -2.22. The fourth-order valence-electron chi connectivity index (χ4n) is 3.40. The molecule has 1 aliphatic rings. The number of hydrogen-bond acceptors (Lipinski definition) is 2. The molecule has 0 aromatic heterocycles. The molecule has 1 heterocycles. The van der Waals surface area contributed by atoms with Crippen molar-refractivity contribution in [1.82, 2.24) is 4.90 Å². The molecular formula is C22H23N3O. The summed E-state index contributed by atoms with van der Waals surface area (Å²) >= 11 is 0. The standard InChI is InChI=1S/C22H23N3O/c1-4-5-12-24-13-14-25(22(24)26)21-11-10-20(16(2)17(21)3)19-8-6-18(15-23)7-9-19/h4,6-11H,1,5,12-14H2,2-3H3. The molecule has 1 aliphatic heterocycles. The van der Waals surface area contributed by atoms with Gasteiger partial charge in [-0.25, -0.2) is 4.79 Å². The van der Waals surface area contributed by atoms with Crippen LogP contribution in [0.1, 0.15) is 23.1 Å². The summed E-state index contributed by atoms with van der Waals surface area (Å²) in [5.41, 5.74) is 6.12. The molecule has 0 bridgehead atoms. The second kappa shape index (κ2) is 7.45. The fraction of sp³-hybridized carbons (Fsp3) is 0.273. The van der Waals surface area contributed by atoms with E-state index >= 15 is 0 Å². The van der Waals surface area contributed by atoms with Crippen molar-refractivity contribution in [3.63, 3.8) is 0 Å². The van der Waals surface area contributed by atoms with Crippen molar-refractivity contribution >= 4 is 11.7 Å². The predicted octanol–water partition coefficient (Wildman–Crippen LogP) is 4.66. The van der Waals surface area contributed by atoms with Crippen LogP contribution < -0.4 is 4.90 Å². The Bertz CT molecular complexity index is 877. The van der Waals surface area contributed by atoms with Gasteiger partial charge in [-0.05, 0) is 60.7 Å². The molecule has 1 saturated heterocycles.